The summed E-state index contributed by atoms with van der Waals surface area (Å²) in [5.41, 5.74) is 5.61. The Hall–Kier alpha value is -0.160. The summed E-state index contributed by atoms with van der Waals surface area (Å²) in [5, 5.41) is 0. The summed E-state index contributed by atoms with van der Waals surface area (Å²) >= 11 is 0. The zero-order valence-electron chi connectivity index (χ0n) is 9.86. The molecule has 0 aromatic heterocycles. The molecule has 88 valence electrons. The van der Waals surface area contributed by atoms with Crippen LogP contribution in [0.4, 0.5) is 0 Å². The molecule has 15 heavy (non-hydrogen) atoms. The van der Waals surface area contributed by atoms with E-state index in [-0.39, 0.29) is 0 Å². The van der Waals surface area contributed by atoms with Crippen LogP contribution in [0.1, 0.15) is 0 Å². The molecule has 0 bridgehead atoms. The normalized spacial score (nSPS) is 26.8. The maximum atomic E-state index is 5.61. The number of likely N-dealkylation sites (tertiary alicyclic amines) is 1. The molecule has 0 amide bonds. The topological polar surface area (TPSA) is 35.7 Å². The molecule has 2 N–H and O–H groups in total. The SMILES string of the molecule is CN1CCN(CCN2CC(CN)C2)CC1. The minimum absolute atomic E-state index is 0.775. The number of nitrogens with zero attached hydrogens (tertiary/aromatic N) is 3. The molecule has 0 spiro atoms. The van der Waals surface area contributed by atoms with Gasteiger partial charge in [-0.05, 0) is 19.5 Å². The lowest BCUT2D eigenvalue weighted by Crippen LogP contribution is -2.53. The molecule has 2 aliphatic heterocycles. The largest absolute Gasteiger partial charge is 0.330 e. The Morgan fingerprint density at radius 3 is 2.20 bits per heavy atom. The van der Waals surface area contributed by atoms with Crippen LogP contribution in [0.2, 0.25) is 0 Å². The van der Waals surface area contributed by atoms with E-state index in [4.69, 9.17) is 5.73 Å². The van der Waals surface area contributed by atoms with Crippen molar-refractivity contribution < 1.29 is 0 Å². The zero-order valence-corrected chi connectivity index (χ0v) is 9.86. The Kier molecular flexibility index (Phi) is 3.97. The maximum absolute atomic E-state index is 5.61. The summed E-state index contributed by atoms with van der Waals surface area (Å²) < 4.78 is 0. The highest BCUT2D eigenvalue weighted by atomic mass is 15.3. The number of rotatable bonds is 4. The summed E-state index contributed by atoms with van der Waals surface area (Å²) in [6, 6.07) is 0. The molecular weight excluding hydrogens is 188 g/mol. The van der Waals surface area contributed by atoms with Gasteiger partial charge in [-0.1, -0.05) is 0 Å². The van der Waals surface area contributed by atoms with Crippen molar-refractivity contribution >= 4 is 0 Å². The highest BCUT2D eigenvalue weighted by molar-refractivity contribution is 4.81. The maximum Gasteiger partial charge on any atom is 0.0110 e. The van der Waals surface area contributed by atoms with Crippen molar-refractivity contribution in [2.45, 2.75) is 0 Å². The van der Waals surface area contributed by atoms with Gasteiger partial charge in [0.1, 0.15) is 0 Å². The lowest BCUT2D eigenvalue weighted by molar-refractivity contribution is 0.0769. The van der Waals surface area contributed by atoms with Crippen LogP contribution >= 0.6 is 0 Å². The van der Waals surface area contributed by atoms with E-state index < -0.39 is 0 Å². The number of hydrogen-bond donors (Lipinski definition) is 1. The minimum Gasteiger partial charge on any atom is -0.330 e. The molecule has 0 aromatic carbocycles. The van der Waals surface area contributed by atoms with E-state index in [1.807, 2.05) is 0 Å². The summed E-state index contributed by atoms with van der Waals surface area (Å²) in [7, 11) is 2.21. The molecule has 2 aliphatic rings. The second kappa shape index (κ2) is 5.25. The van der Waals surface area contributed by atoms with E-state index in [0.717, 1.165) is 12.5 Å². The molecule has 2 fully saturated rings. The summed E-state index contributed by atoms with van der Waals surface area (Å²) in [5.74, 6) is 0.775. The highest BCUT2D eigenvalue weighted by Gasteiger charge is 2.25. The van der Waals surface area contributed by atoms with Gasteiger partial charge in [0.05, 0.1) is 0 Å². The van der Waals surface area contributed by atoms with E-state index >= 15 is 0 Å². The summed E-state index contributed by atoms with van der Waals surface area (Å²) in [4.78, 5) is 7.51. The van der Waals surface area contributed by atoms with Crippen LogP contribution in [0.25, 0.3) is 0 Å². The van der Waals surface area contributed by atoms with Crippen LogP contribution in [-0.4, -0.2) is 80.7 Å². The Labute approximate surface area is 93.0 Å². The van der Waals surface area contributed by atoms with Crippen molar-refractivity contribution in [3.8, 4) is 0 Å². The van der Waals surface area contributed by atoms with Crippen LogP contribution < -0.4 is 5.73 Å². The second-order valence-electron chi connectivity index (χ2n) is 5.01. The number of hydrogen-bond acceptors (Lipinski definition) is 4. The molecule has 0 atom stereocenters. The molecule has 0 radical (unpaired) electrons. The first kappa shape index (κ1) is 11.3. The van der Waals surface area contributed by atoms with Gasteiger partial charge in [-0.3, -0.25) is 4.90 Å². The van der Waals surface area contributed by atoms with Crippen LogP contribution in [-0.2, 0) is 0 Å². The fourth-order valence-corrected chi connectivity index (χ4v) is 2.36. The number of likely N-dealkylation sites (N-methyl/N-ethyl adjacent to an activating group) is 1. The molecule has 0 aliphatic carbocycles. The molecule has 0 aromatic rings. The molecule has 2 rings (SSSR count). The number of piperazine rings is 1. The fraction of sp³-hybridized carbons (Fsp3) is 1.00. The first-order valence-corrected chi connectivity index (χ1v) is 6.11. The lowest BCUT2D eigenvalue weighted by Gasteiger charge is -2.40. The van der Waals surface area contributed by atoms with Gasteiger partial charge in [0.25, 0.3) is 0 Å². The van der Waals surface area contributed by atoms with Gasteiger partial charge in [-0.25, -0.2) is 0 Å². The average molecular weight is 212 g/mol. The third-order valence-electron chi connectivity index (χ3n) is 3.69. The van der Waals surface area contributed by atoms with Crippen LogP contribution in [0, 0.1) is 5.92 Å². The second-order valence-corrected chi connectivity index (χ2v) is 5.01. The van der Waals surface area contributed by atoms with Gasteiger partial charge in [0.2, 0.25) is 0 Å². The fourth-order valence-electron chi connectivity index (χ4n) is 2.36. The average Bonchev–Trinajstić information content (AvgIpc) is 2.19. The Balaban J connectivity index is 1.55. The highest BCUT2D eigenvalue weighted by Crippen LogP contribution is 2.13. The lowest BCUT2D eigenvalue weighted by atomic mass is 10.0. The molecule has 2 saturated heterocycles. The number of nitrogens with two attached hydrogens (primary N) is 1. The molecule has 4 heteroatoms. The van der Waals surface area contributed by atoms with E-state index in [0.29, 0.717) is 0 Å². The molecule has 4 nitrogen and oxygen atoms in total. The predicted molar refractivity (Wildman–Crippen MR) is 62.9 cm³/mol. The van der Waals surface area contributed by atoms with Crippen LogP contribution in [0.15, 0.2) is 0 Å². The van der Waals surface area contributed by atoms with Gasteiger partial charge < -0.3 is 15.5 Å². The van der Waals surface area contributed by atoms with Gasteiger partial charge in [0, 0.05) is 52.4 Å². The Bertz CT molecular complexity index is 183. The van der Waals surface area contributed by atoms with E-state index in [1.54, 1.807) is 0 Å². The first-order chi connectivity index (χ1) is 7.28. The van der Waals surface area contributed by atoms with Gasteiger partial charge in [-0.2, -0.15) is 0 Å². The van der Waals surface area contributed by atoms with E-state index in [2.05, 4.69) is 21.7 Å². The summed E-state index contributed by atoms with van der Waals surface area (Å²) in [6.45, 7) is 10.7. The third kappa shape index (κ3) is 3.14. The van der Waals surface area contributed by atoms with Crippen molar-refractivity contribution in [2.24, 2.45) is 11.7 Å². The molecular formula is C11H24N4. The molecule has 0 saturated carbocycles. The summed E-state index contributed by atoms with van der Waals surface area (Å²) in [6.07, 6.45) is 0. The van der Waals surface area contributed by atoms with Gasteiger partial charge in [-0.15, -0.1) is 0 Å². The zero-order chi connectivity index (χ0) is 10.7. The van der Waals surface area contributed by atoms with Crippen molar-refractivity contribution in [2.75, 3.05) is 66.0 Å². The quantitative estimate of drug-likeness (QED) is 0.657. The van der Waals surface area contributed by atoms with E-state index in [9.17, 15) is 0 Å². The molecule has 0 unspecified atom stereocenters. The van der Waals surface area contributed by atoms with Crippen molar-refractivity contribution in [1.29, 1.82) is 0 Å². The van der Waals surface area contributed by atoms with Gasteiger partial charge >= 0.3 is 0 Å². The third-order valence-corrected chi connectivity index (χ3v) is 3.69. The van der Waals surface area contributed by atoms with Crippen LogP contribution in [0.3, 0.4) is 0 Å². The van der Waals surface area contributed by atoms with Crippen molar-refractivity contribution in [1.82, 2.24) is 14.7 Å². The smallest absolute Gasteiger partial charge is 0.0110 e. The van der Waals surface area contributed by atoms with Crippen molar-refractivity contribution in [3.63, 3.8) is 0 Å². The molecule has 2 heterocycles. The van der Waals surface area contributed by atoms with E-state index in [1.165, 1.54) is 52.4 Å². The standard InChI is InChI=1S/C11H24N4/c1-13-2-4-14(5-3-13)6-7-15-9-11(8-12)10-15/h11H,2-10,12H2,1H3. The Morgan fingerprint density at radius 2 is 1.60 bits per heavy atom. The monoisotopic (exact) mass is 212 g/mol. The Morgan fingerprint density at radius 1 is 1.00 bits per heavy atom. The van der Waals surface area contributed by atoms with Gasteiger partial charge in [0.15, 0.2) is 0 Å². The predicted octanol–water partition coefficient (Wildman–Crippen LogP) is -0.876. The van der Waals surface area contributed by atoms with Crippen molar-refractivity contribution in [3.05, 3.63) is 0 Å². The minimum atomic E-state index is 0.775. The van der Waals surface area contributed by atoms with Crippen LogP contribution in [0.5, 0.6) is 0 Å². The first-order valence-electron chi connectivity index (χ1n) is 6.11.